The summed E-state index contributed by atoms with van der Waals surface area (Å²) in [6.45, 7) is 2.75. The number of aromatic nitrogens is 3. The molecule has 1 amide bonds. The van der Waals surface area contributed by atoms with Gasteiger partial charge in [0.1, 0.15) is 5.69 Å². The molecular weight excluding hydrogens is 396 g/mol. The highest BCUT2D eigenvalue weighted by atomic mass is 16.5. The number of nitrogens with zero attached hydrogens (tertiary/aromatic N) is 4. The lowest BCUT2D eigenvalue weighted by Crippen LogP contribution is -2.44. The van der Waals surface area contributed by atoms with Gasteiger partial charge in [-0.3, -0.25) is 4.79 Å². The Morgan fingerprint density at radius 3 is 2.68 bits per heavy atom. The fourth-order valence-electron chi connectivity index (χ4n) is 3.93. The second-order valence-electron chi connectivity index (χ2n) is 7.80. The molecule has 1 aliphatic rings. The number of carbonyl (C=O) groups is 2. The van der Waals surface area contributed by atoms with Crippen molar-refractivity contribution in [3.8, 4) is 11.5 Å². The van der Waals surface area contributed by atoms with E-state index in [-0.39, 0.29) is 24.5 Å². The number of ether oxygens (including phenoxy) is 1. The molecule has 0 radical (unpaired) electrons. The zero-order valence-electron chi connectivity index (χ0n) is 17.8. The molecule has 1 aromatic carbocycles. The topological polar surface area (TPSA) is 90.5 Å². The third-order valence-electron chi connectivity index (χ3n) is 5.63. The fourth-order valence-corrected chi connectivity index (χ4v) is 3.93. The number of likely N-dealkylation sites (tertiary alicyclic amines) is 1. The van der Waals surface area contributed by atoms with Crippen LogP contribution in [-0.2, 0) is 11.8 Å². The van der Waals surface area contributed by atoms with Crippen molar-refractivity contribution in [2.45, 2.75) is 38.6 Å². The van der Waals surface area contributed by atoms with Crippen LogP contribution in [0.15, 0.2) is 47.1 Å². The maximum atomic E-state index is 12.9. The van der Waals surface area contributed by atoms with Gasteiger partial charge in [0.25, 0.3) is 11.8 Å². The molecule has 1 unspecified atom stereocenters. The van der Waals surface area contributed by atoms with Crippen molar-refractivity contribution in [3.63, 3.8) is 0 Å². The van der Waals surface area contributed by atoms with E-state index in [9.17, 15) is 9.59 Å². The molecule has 0 aliphatic carbocycles. The van der Waals surface area contributed by atoms with Crippen LogP contribution < -0.4 is 0 Å². The van der Waals surface area contributed by atoms with Crippen LogP contribution in [0.2, 0.25) is 0 Å². The van der Waals surface area contributed by atoms with Crippen LogP contribution in [0.3, 0.4) is 0 Å². The summed E-state index contributed by atoms with van der Waals surface area (Å²) in [5.41, 5.74) is 1.88. The van der Waals surface area contributed by atoms with Gasteiger partial charge in [0.2, 0.25) is 0 Å². The standard InChI is InChI=1S/C23H26N4O4/c1-16-24-21(31-25-16)17-8-10-18(11-9-17)23(29)30-15-12-19-6-3-4-14-27(19)22(28)20-7-5-13-26(20)2/h5,7-11,13,19H,3-4,6,12,14-15H2,1-2H3. The van der Waals surface area contributed by atoms with E-state index in [4.69, 9.17) is 9.26 Å². The van der Waals surface area contributed by atoms with Gasteiger partial charge >= 0.3 is 5.97 Å². The average Bonchev–Trinajstić information content (AvgIpc) is 3.42. The molecular formula is C23H26N4O4. The molecule has 8 nitrogen and oxygen atoms in total. The molecule has 2 aromatic heterocycles. The zero-order chi connectivity index (χ0) is 21.8. The maximum Gasteiger partial charge on any atom is 0.338 e. The first-order chi connectivity index (χ1) is 15.0. The molecule has 0 spiro atoms. The van der Waals surface area contributed by atoms with Crippen LogP contribution in [0.5, 0.6) is 0 Å². The summed E-state index contributed by atoms with van der Waals surface area (Å²) in [4.78, 5) is 31.5. The lowest BCUT2D eigenvalue weighted by molar-refractivity contribution is 0.0406. The van der Waals surface area contributed by atoms with Crippen molar-refractivity contribution in [2.75, 3.05) is 13.2 Å². The van der Waals surface area contributed by atoms with E-state index >= 15 is 0 Å². The van der Waals surface area contributed by atoms with Crippen LogP contribution in [0, 0.1) is 6.92 Å². The Morgan fingerprint density at radius 2 is 2.00 bits per heavy atom. The number of rotatable bonds is 6. The largest absolute Gasteiger partial charge is 0.462 e. The average molecular weight is 422 g/mol. The summed E-state index contributed by atoms with van der Waals surface area (Å²) in [7, 11) is 1.87. The summed E-state index contributed by atoms with van der Waals surface area (Å²) in [5.74, 6) is 0.623. The van der Waals surface area contributed by atoms with E-state index in [1.807, 2.05) is 34.8 Å². The molecule has 4 rings (SSSR count). The Bertz CT molecular complexity index is 1050. The number of carbonyl (C=O) groups excluding carboxylic acids is 2. The van der Waals surface area contributed by atoms with Gasteiger partial charge in [0.05, 0.1) is 12.2 Å². The minimum absolute atomic E-state index is 0.0374. The number of hydrogen-bond acceptors (Lipinski definition) is 6. The van der Waals surface area contributed by atoms with Gasteiger partial charge in [0.15, 0.2) is 5.82 Å². The summed E-state index contributed by atoms with van der Waals surface area (Å²) in [5, 5.41) is 3.77. The van der Waals surface area contributed by atoms with Crippen molar-refractivity contribution >= 4 is 11.9 Å². The normalized spacial score (nSPS) is 16.3. The van der Waals surface area contributed by atoms with E-state index in [0.717, 1.165) is 31.4 Å². The Labute approximate surface area is 180 Å². The third kappa shape index (κ3) is 4.68. The van der Waals surface area contributed by atoms with Crippen LogP contribution >= 0.6 is 0 Å². The highest BCUT2D eigenvalue weighted by Gasteiger charge is 2.28. The van der Waals surface area contributed by atoms with Crippen LogP contribution in [0.25, 0.3) is 11.5 Å². The lowest BCUT2D eigenvalue weighted by Gasteiger charge is -2.35. The van der Waals surface area contributed by atoms with Crippen molar-refractivity contribution in [3.05, 3.63) is 59.7 Å². The van der Waals surface area contributed by atoms with Gasteiger partial charge in [-0.2, -0.15) is 4.98 Å². The SMILES string of the molecule is Cc1noc(-c2ccc(C(=O)OCCC3CCCCN3C(=O)c3cccn3C)cc2)n1. The predicted octanol–water partition coefficient (Wildman–Crippen LogP) is 3.63. The number of esters is 1. The predicted molar refractivity (Wildman–Crippen MR) is 113 cm³/mol. The van der Waals surface area contributed by atoms with Gasteiger partial charge in [-0.1, -0.05) is 5.16 Å². The van der Waals surface area contributed by atoms with Gasteiger partial charge in [0, 0.05) is 37.8 Å². The van der Waals surface area contributed by atoms with E-state index < -0.39 is 0 Å². The molecule has 1 atom stereocenters. The first-order valence-corrected chi connectivity index (χ1v) is 10.5. The molecule has 8 heteroatoms. The van der Waals surface area contributed by atoms with Crippen LogP contribution in [-0.4, -0.2) is 50.7 Å². The number of piperidine rings is 1. The Kier molecular flexibility index (Phi) is 6.16. The molecule has 31 heavy (non-hydrogen) atoms. The summed E-state index contributed by atoms with van der Waals surface area (Å²) < 4.78 is 12.5. The van der Waals surface area contributed by atoms with Gasteiger partial charge < -0.3 is 18.7 Å². The molecule has 3 heterocycles. The molecule has 162 valence electrons. The first kappa shape index (κ1) is 20.8. The minimum Gasteiger partial charge on any atom is -0.462 e. The highest BCUT2D eigenvalue weighted by Crippen LogP contribution is 2.23. The number of aryl methyl sites for hydroxylation is 2. The van der Waals surface area contributed by atoms with Gasteiger partial charge in [-0.05, 0) is 62.6 Å². The van der Waals surface area contributed by atoms with E-state index in [1.165, 1.54) is 0 Å². The monoisotopic (exact) mass is 422 g/mol. The number of hydrogen-bond donors (Lipinski definition) is 0. The quantitative estimate of drug-likeness (QED) is 0.564. The molecule has 3 aromatic rings. The first-order valence-electron chi connectivity index (χ1n) is 10.5. The van der Waals surface area contributed by atoms with Gasteiger partial charge in [-0.15, -0.1) is 0 Å². The third-order valence-corrected chi connectivity index (χ3v) is 5.63. The minimum atomic E-state index is -0.385. The van der Waals surface area contributed by atoms with Crippen molar-refractivity contribution in [2.24, 2.45) is 7.05 Å². The molecule has 0 bridgehead atoms. The van der Waals surface area contributed by atoms with Crippen LogP contribution in [0.4, 0.5) is 0 Å². The summed E-state index contributed by atoms with van der Waals surface area (Å²) in [6.07, 6.45) is 5.50. The maximum absolute atomic E-state index is 12.9. The Morgan fingerprint density at radius 1 is 1.19 bits per heavy atom. The number of benzene rings is 1. The molecule has 1 saturated heterocycles. The Balaban J connectivity index is 1.32. The highest BCUT2D eigenvalue weighted by molar-refractivity contribution is 5.93. The van der Waals surface area contributed by atoms with Crippen molar-refractivity contribution in [1.82, 2.24) is 19.6 Å². The lowest BCUT2D eigenvalue weighted by atomic mass is 9.99. The fraction of sp³-hybridized carbons (Fsp3) is 0.391. The molecule has 1 fully saturated rings. The summed E-state index contributed by atoms with van der Waals surface area (Å²) >= 11 is 0. The smallest absolute Gasteiger partial charge is 0.338 e. The number of amides is 1. The molecule has 0 saturated carbocycles. The Hall–Kier alpha value is -3.42. The van der Waals surface area contributed by atoms with E-state index in [1.54, 1.807) is 31.2 Å². The van der Waals surface area contributed by atoms with Crippen molar-refractivity contribution < 1.29 is 18.8 Å². The van der Waals surface area contributed by atoms with E-state index in [2.05, 4.69) is 10.1 Å². The molecule has 0 N–H and O–H groups in total. The zero-order valence-corrected chi connectivity index (χ0v) is 17.8. The van der Waals surface area contributed by atoms with Crippen LogP contribution in [0.1, 0.15) is 52.4 Å². The van der Waals surface area contributed by atoms with Gasteiger partial charge in [-0.25, -0.2) is 4.79 Å². The van der Waals surface area contributed by atoms with Crippen molar-refractivity contribution in [1.29, 1.82) is 0 Å². The second kappa shape index (κ2) is 9.16. The molecule has 1 aliphatic heterocycles. The summed E-state index contributed by atoms with van der Waals surface area (Å²) in [6, 6.07) is 10.7. The second-order valence-corrected chi connectivity index (χ2v) is 7.80. The van der Waals surface area contributed by atoms with E-state index in [0.29, 0.717) is 29.4 Å².